The van der Waals surface area contributed by atoms with Crippen molar-refractivity contribution in [3.8, 4) is 0 Å². The molecule has 0 amide bonds. The van der Waals surface area contributed by atoms with E-state index in [0.29, 0.717) is 11.3 Å². The molecule has 0 N–H and O–H groups in total. The molecule has 0 radical (unpaired) electrons. The van der Waals surface area contributed by atoms with Crippen LogP contribution in [0.25, 0.3) is 21.5 Å². The molecular weight excluding hydrogens is 682 g/mol. The minimum atomic E-state index is 0. The summed E-state index contributed by atoms with van der Waals surface area (Å²) in [5.74, 6) is 0.522. The Morgan fingerprint density at radius 2 is 1.08 bits per heavy atom. The van der Waals surface area contributed by atoms with Crippen molar-refractivity contribution < 1.29 is 48.7 Å². The van der Waals surface area contributed by atoms with Crippen LogP contribution in [0.1, 0.15) is 38.8 Å². The van der Waals surface area contributed by atoms with Crippen LogP contribution in [-0.4, -0.2) is 3.26 Å². The van der Waals surface area contributed by atoms with E-state index in [1.807, 2.05) is 0 Å². The Kier molecular flexibility index (Phi) is 12.9. The SMILES string of the molecule is CC1[C-]=CC(C(C)(C)C)=C1.[Cl-].[Cl-].[Hf+2]=[C](c1ccccc1)c1ccccc1.c1ccc2c(c1)[cH-]c1ccccc12. The fraction of sp³-hybridized carbons (Fsp3) is 0.167. The minimum absolute atomic E-state index is 0. The van der Waals surface area contributed by atoms with Crippen molar-refractivity contribution in [1.29, 1.82) is 0 Å². The van der Waals surface area contributed by atoms with Gasteiger partial charge in [0.05, 0.1) is 0 Å². The molecule has 1 aliphatic rings. The maximum Gasteiger partial charge on any atom is -0.0771 e. The standard InChI is InChI=1S/C13H9.C13H10.C10H15.2ClH.Hf/c1-3-7-12-10(5-1)9-11-6-2-4-8-13(11)12;1-3-7-12(8-4-1)11-13-9-5-2-6-10-13;1-8-5-6-9(7-8)10(2,3)4;;;/h1-9H;1-10H;6-8H,1-4H3;2*1H;/q-1;;-1;;;+2/p-2. The first-order chi connectivity index (χ1) is 17.8. The van der Waals surface area contributed by atoms with Gasteiger partial charge < -0.3 is 24.8 Å². The van der Waals surface area contributed by atoms with E-state index in [1.165, 1.54) is 41.5 Å². The Morgan fingerprint density at radius 1 is 0.667 bits per heavy atom. The van der Waals surface area contributed by atoms with Crippen molar-refractivity contribution in [3.63, 3.8) is 0 Å². The number of fused-ring (bicyclic) bond motifs is 3. The first-order valence-corrected chi connectivity index (χ1v) is 14.7. The topological polar surface area (TPSA) is 0 Å². The minimum Gasteiger partial charge on any atom is -0.126 e. The van der Waals surface area contributed by atoms with Gasteiger partial charge in [-0.2, -0.15) is 11.6 Å². The van der Waals surface area contributed by atoms with Crippen molar-refractivity contribution in [2.75, 3.05) is 0 Å². The summed E-state index contributed by atoms with van der Waals surface area (Å²) in [5.41, 5.74) is 4.42. The van der Waals surface area contributed by atoms with Crippen LogP contribution in [-0.2, 0) is 23.9 Å². The smallest absolute Gasteiger partial charge is 0.0771 e. The molecule has 0 aliphatic heterocycles. The number of hydrogen-bond acceptors (Lipinski definition) is 0. The molecule has 0 fully saturated rings. The fourth-order valence-electron chi connectivity index (χ4n) is 4.33. The molecule has 5 aromatic rings. The van der Waals surface area contributed by atoms with E-state index in [-0.39, 0.29) is 24.8 Å². The summed E-state index contributed by atoms with van der Waals surface area (Å²) >= 11 is 1.08. The molecule has 39 heavy (non-hydrogen) atoms. The molecule has 0 aromatic heterocycles. The monoisotopic (exact) mass is 716 g/mol. The summed E-state index contributed by atoms with van der Waals surface area (Å²) in [5, 5.41) is 5.39. The number of halogens is 2. The first-order valence-electron chi connectivity index (χ1n) is 12.9. The molecule has 0 saturated carbocycles. The van der Waals surface area contributed by atoms with E-state index < -0.39 is 0 Å². The third-order valence-electron chi connectivity index (χ3n) is 6.44. The van der Waals surface area contributed by atoms with E-state index >= 15 is 0 Å². The van der Waals surface area contributed by atoms with Crippen LogP contribution in [0.3, 0.4) is 0 Å². The average Bonchev–Trinajstić information content (AvgIpc) is 3.54. The van der Waals surface area contributed by atoms with E-state index in [0.717, 1.165) is 23.9 Å². The predicted molar refractivity (Wildman–Crippen MR) is 158 cm³/mol. The average molecular weight is 716 g/mol. The predicted octanol–water partition coefficient (Wildman–Crippen LogP) is 3.49. The van der Waals surface area contributed by atoms with Crippen molar-refractivity contribution in [2.45, 2.75) is 27.7 Å². The van der Waals surface area contributed by atoms with Crippen LogP contribution >= 0.6 is 0 Å². The van der Waals surface area contributed by atoms with Gasteiger partial charge in [-0.3, -0.25) is 6.08 Å². The summed E-state index contributed by atoms with van der Waals surface area (Å²) in [4.78, 5) is 0. The molecule has 0 nitrogen and oxygen atoms in total. The van der Waals surface area contributed by atoms with Crippen LogP contribution in [0, 0.1) is 17.4 Å². The maximum absolute atomic E-state index is 3.26. The van der Waals surface area contributed by atoms with E-state index in [4.69, 9.17) is 0 Å². The van der Waals surface area contributed by atoms with Crippen molar-refractivity contribution in [2.24, 2.45) is 11.3 Å². The van der Waals surface area contributed by atoms with Crippen LogP contribution in [0.4, 0.5) is 0 Å². The summed E-state index contributed by atoms with van der Waals surface area (Å²) < 4.78 is 1.46. The summed E-state index contributed by atoms with van der Waals surface area (Å²) in [6.07, 6.45) is 7.65. The van der Waals surface area contributed by atoms with Crippen LogP contribution < -0.4 is 24.8 Å². The molecule has 0 spiro atoms. The van der Waals surface area contributed by atoms with Crippen LogP contribution in [0.5, 0.6) is 0 Å². The number of hydrogen-bond donors (Lipinski definition) is 0. The quantitative estimate of drug-likeness (QED) is 0.194. The second-order valence-electron chi connectivity index (χ2n) is 10.4. The Bertz CT molecular complexity index is 1430. The summed E-state index contributed by atoms with van der Waals surface area (Å²) in [6, 6.07) is 40.5. The molecule has 3 heteroatoms. The van der Waals surface area contributed by atoms with Crippen LogP contribution in [0.15, 0.2) is 133 Å². The number of benzene rings is 4. The zero-order valence-corrected chi connectivity index (χ0v) is 28.1. The molecule has 6 rings (SSSR count). The number of rotatable bonds is 2. The van der Waals surface area contributed by atoms with Gasteiger partial charge in [-0.05, 0) is 0 Å². The van der Waals surface area contributed by atoms with Gasteiger partial charge in [-0.15, -0.1) is 39.7 Å². The molecule has 198 valence electrons. The second kappa shape index (κ2) is 15.4. The summed E-state index contributed by atoms with van der Waals surface area (Å²) in [7, 11) is 0. The molecular formula is C36H34Cl2Hf-2. The largest absolute Gasteiger partial charge is 0.126 e. The van der Waals surface area contributed by atoms with Gasteiger partial charge in [0.25, 0.3) is 0 Å². The number of allylic oxidation sites excluding steroid dienone is 4. The fourth-order valence-corrected chi connectivity index (χ4v) is 5.53. The second-order valence-corrected chi connectivity index (χ2v) is 12.2. The Labute approximate surface area is 261 Å². The van der Waals surface area contributed by atoms with E-state index in [9.17, 15) is 0 Å². The van der Waals surface area contributed by atoms with E-state index in [2.05, 4.69) is 161 Å². The third-order valence-corrected chi connectivity index (χ3v) is 8.52. The molecule has 1 atom stereocenters. The van der Waals surface area contributed by atoms with Gasteiger partial charge in [-0.1, -0.05) is 75.4 Å². The molecule has 0 bridgehead atoms. The Morgan fingerprint density at radius 3 is 1.44 bits per heavy atom. The maximum atomic E-state index is 3.26. The molecule has 1 aliphatic carbocycles. The van der Waals surface area contributed by atoms with Gasteiger partial charge in [-0.25, -0.2) is 6.08 Å². The molecule has 1 unspecified atom stereocenters. The Hall–Kier alpha value is -2.45. The van der Waals surface area contributed by atoms with Crippen molar-refractivity contribution >= 4 is 24.8 Å². The van der Waals surface area contributed by atoms with Gasteiger partial charge in [0.1, 0.15) is 0 Å². The van der Waals surface area contributed by atoms with Gasteiger partial charge >= 0.3 is 98.9 Å². The molecule has 0 saturated heterocycles. The third kappa shape index (κ3) is 9.04. The van der Waals surface area contributed by atoms with Crippen LogP contribution in [0.2, 0.25) is 0 Å². The van der Waals surface area contributed by atoms with Gasteiger partial charge in [0.15, 0.2) is 0 Å². The zero-order valence-electron chi connectivity index (χ0n) is 23.0. The van der Waals surface area contributed by atoms with Gasteiger partial charge in [0, 0.05) is 0 Å². The van der Waals surface area contributed by atoms with Crippen molar-refractivity contribution in [3.05, 3.63) is 150 Å². The van der Waals surface area contributed by atoms with Crippen molar-refractivity contribution in [1.82, 2.24) is 0 Å². The Balaban J connectivity index is 0.000000203. The van der Waals surface area contributed by atoms with Gasteiger partial charge in [0.2, 0.25) is 0 Å². The molecule has 0 heterocycles. The normalized spacial score (nSPS) is 13.7. The first kappa shape index (κ1) is 32.8. The molecule has 5 aromatic carbocycles. The summed E-state index contributed by atoms with van der Waals surface area (Å²) in [6.45, 7) is 8.86. The van der Waals surface area contributed by atoms with E-state index in [1.54, 1.807) is 0 Å². The zero-order chi connectivity index (χ0) is 26.3.